The van der Waals surface area contributed by atoms with E-state index in [1.54, 1.807) is 6.92 Å². The van der Waals surface area contributed by atoms with E-state index in [1.807, 2.05) is 51.6 Å². The van der Waals surface area contributed by atoms with Crippen LogP contribution in [0.5, 0.6) is 0 Å². The van der Waals surface area contributed by atoms with E-state index in [-0.39, 0.29) is 12.5 Å². The van der Waals surface area contributed by atoms with Crippen LogP contribution < -0.4 is 5.32 Å². The number of ether oxygens (including phenoxy) is 1. The first-order chi connectivity index (χ1) is 11.3. The first-order valence-corrected chi connectivity index (χ1v) is 8.11. The zero-order valence-electron chi connectivity index (χ0n) is 14.8. The molecule has 0 radical (unpaired) electrons. The number of nitrogens with one attached hydrogen (secondary N) is 2. The third-order valence-electron chi connectivity index (χ3n) is 3.62. The normalized spacial score (nSPS) is 12.8. The maximum Gasteiger partial charge on any atom is 0.328 e. The third-order valence-corrected chi connectivity index (χ3v) is 3.62. The van der Waals surface area contributed by atoms with Crippen molar-refractivity contribution in [1.29, 1.82) is 0 Å². The number of rotatable bonds is 7. The van der Waals surface area contributed by atoms with Gasteiger partial charge in [0.2, 0.25) is 0 Å². The lowest BCUT2D eigenvalue weighted by Crippen LogP contribution is -2.50. The van der Waals surface area contributed by atoms with Crippen LogP contribution in [0.4, 0.5) is 0 Å². The summed E-state index contributed by atoms with van der Waals surface area (Å²) in [6, 6.07) is 7.19. The molecule has 24 heavy (non-hydrogen) atoms. The number of likely N-dealkylation sites (N-methyl/N-ethyl adjacent to an activating group) is 1. The highest BCUT2D eigenvalue weighted by Gasteiger charge is 2.25. The van der Waals surface area contributed by atoms with Gasteiger partial charge in [0.1, 0.15) is 6.04 Å². The largest absolute Gasteiger partial charge is 0.464 e. The van der Waals surface area contributed by atoms with Gasteiger partial charge in [-0.1, -0.05) is 18.2 Å². The summed E-state index contributed by atoms with van der Waals surface area (Å²) in [5, 5.41) is 3.87. The molecule has 0 bridgehead atoms. The maximum atomic E-state index is 12.3. The molecule has 2 aromatic rings. The molecule has 1 amide bonds. The second-order valence-corrected chi connectivity index (χ2v) is 6.88. The lowest BCUT2D eigenvalue weighted by atomic mass is 10.0. The molecule has 0 spiro atoms. The molecule has 6 heteroatoms. The van der Waals surface area contributed by atoms with Crippen molar-refractivity contribution in [2.45, 2.75) is 19.4 Å². The molecule has 0 aliphatic rings. The minimum absolute atomic E-state index is 0.166. The lowest BCUT2D eigenvalue weighted by Gasteiger charge is -2.24. The van der Waals surface area contributed by atoms with E-state index in [1.165, 1.54) is 0 Å². The Bertz CT molecular complexity index is 716. The molecule has 0 saturated carbocycles. The van der Waals surface area contributed by atoms with Gasteiger partial charge in [-0.3, -0.25) is 4.79 Å². The van der Waals surface area contributed by atoms with Gasteiger partial charge < -0.3 is 19.5 Å². The fourth-order valence-corrected chi connectivity index (χ4v) is 2.63. The summed E-state index contributed by atoms with van der Waals surface area (Å²) in [6.07, 6.45) is 2.27. The Kier molecular flexibility index (Phi) is 5.62. The summed E-state index contributed by atoms with van der Waals surface area (Å²) >= 11 is 0. The van der Waals surface area contributed by atoms with Crippen molar-refractivity contribution in [3.63, 3.8) is 0 Å². The topological polar surface area (TPSA) is 71.2 Å². The number of benzene rings is 1. The van der Waals surface area contributed by atoms with E-state index in [2.05, 4.69) is 10.3 Å². The zero-order chi connectivity index (χ0) is 17.7. The van der Waals surface area contributed by atoms with Crippen LogP contribution in [0.3, 0.4) is 0 Å². The molecule has 1 heterocycles. The van der Waals surface area contributed by atoms with Gasteiger partial charge in [0.05, 0.1) is 27.7 Å². The highest BCUT2D eigenvalue weighted by Crippen LogP contribution is 2.19. The van der Waals surface area contributed by atoms with E-state index >= 15 is 0 Å². The number of aromatic nitrogens is 1. The molecule has 1 unspecified atom stereocenters. The second kappa shape index (κ2) is 7.49. The quantitative estimate of drug-likeness (QED) is 0.596. The number of hydrogen-bond donors (Lipinski definition) is 2. The molecule has 1 atom stereocenters. The first-order valence-electron chi connectivity index (χ1n) is 8.11. The molecule has 130 valence electrons. The molecule has 1 aromatic heterocycles. The Morgan fingerprint density at radius 2 is 1.96 bits per heavy atom. The van der Waals surface area contributed by atoms with Crippen molar-refractivity contribution in [3.05, 3.63) is 36.0 Å². The average Bonchev–Trinajstić information content (AvgIpc) is 2.88. The van der Waals surface area contributed by atoms with Gasteiger partial charge >= 0.3 is 5.97 Å². The van der Waals surface area contributed by atoms with Gasteiger partial charge in [-0.15, -0.1) is 0 Å². The number of amides is 1. The number of carbonyl (C=O) groups excluding carboxylic acids is 2. The molecular weight excluding hydrogens is 306 g/mol. The summed E-state index contributed by atoms with van der Waals surface area (Å²) in [6.45, 7) is 2.34. The van der Waals surface area contributed by atoms with Crippen molar-refractivity contribution in [1.82, 2.24) is 10.3 Å². The zero-order valence-corrected chi connectivity index (χ0v) is 14.8. The molecule has 0 aliphatic heterocycles. The van der Waals surface area contributed by atoms with Gasteiger partial charge in [0.15, 0.2) is 6.54 Å². The van der Waals surface area contributed by atoms with Crippen LogP contribution in [-0.4, -0.2) is 61.7 Å². The molecule has 0 saturated heterocycles. The van der Waals surface area contributed by atoms with Crippen LogP contribution in [0.1, 0.15) is 12.5 Å². The third kappa shape index (κ3) is 4.83. The Labute approximate surface area is 142 Å². The number of hydrogen-bond acceptors (Lipinski definition) is 3. The van der Waals surface area contributed by atoms with Crippen LogP contribution in [-0.2, 0) is 20.7 Å². The second-order valence-electron chi connectivity index (χ2n) is 6.88. The number of carbonyl (C=O) groups is 2. The Hall–Kier alpha value is -2.34. The van der Waals surface area contributed by atoms with E-state index in [0.29, 0.717) is 17.4 Å². The van der Waals surface area contributed by atoms with Crippen molar-refractivity contribution >= 4 is 22.8 Å². The molecule has 2 N–H and O–H groups in total. The molecule has 1 aromatic carbocycles. The van der Waals surface area contributed by atoms with E-state index in [0.717, 1.165) is 16.5 Å². The number of fused-ring (bicyclic) bond motifs is 1. The molecule has 6 nitrogen and oxygen atoms in total. The smallest absolute Gasteiger partial charge is 0.328 e. The van der Waals surface area contributed by atoms with Crippen molar-refractivity contribution < 1.29 is 18.8 Å². The highest BCUT2D eigenvalue weighted by molar-refractivity contribution is 5.87. The lowest BCUT2D eigenvalue weighted by molar-refractivity contribution is -0.862. The predicted octanol–water partition coefficient (Wildman–Crippen LogP) is 1.46. The summed E-state index contributed by atoms with van der Waals surface area (Å²) in [5.41, 5.74) is 1.99. The fraction of sp³-hybridized carbons (Fsp3) is 0.444. The first kappa shape index (κ1) is 18.0. The van der Waals surface area contributed by atoms with Crippen LogP contribution in [0.15, 0.2) is 30.5 Å². The minimum atomic E-state index is -0.691. The molecule has 0 aliphatic carbocycles. The van der Waals surface area contributed by atoms with Crippen LogP contribution in [0, 0.1) is 0 Å². The fourth-order valence-electron chi connectivity index (χ4n) is 2.63. The van der Waals surface area contributed by atoms with Gasteiger partial charge in [-0.25, -0.2) is 4.79 Å². The SMILES string of the molecule is CCOC(=O)C(Cc1c[nH]c2ccccc12)NC(=O)C[N+](C)(C)C. The Morgan fingerprint density at radius 1 is 1.25 bits per heavy atom. The Morgan fingerprint density at radius 3 is 2.62 bits per heavy atom. The number of H-pyrrole nitrogens is 1. The maximum absolute atomic E-state index is 12.3. The average molecular weight is 332 g/mol. The van der Waals surface area contributed by atoms with Gasteiger partial charge in [-0.2, -0.15) is 0 Å². The van der Waals surface area contributed by atoms with E-state index < -0.39 is 12.0 Å². The van der Waals surface area contributed by atoms with Crippen molar-refractivity contribution in [2.75, 3.05) is 34.3 Å². The summed E-state index contributed by atoms with van der Waals surface area (Å²) in [7, 11) is 5.79. The number of para-hydroxylation sites is 1. The number of nitrogens with zero attached hydrogens (tertiary/aromatic N) is 1. The van der Waals surface area contributed by atoms with Crippen LogP contribution in [0.25, 0.3) is 10.9 Å². The summed E-state index contributed by atoms with van der Waals surface area (Å²) in [5.74, 6) is -0.571. The number of quaternary nitrogens is 1. The minimum Gasteiger partial charge on any atom is -0.464 e. The molecule has 0 fully saturated rings. The van der Waals surface area contributed by atoms with Gasteiger partial charge in [0, 0.05) is 23.5 Å². The molecular formula is C18H26N3O3+. The number of aromatic amines is 1. The van der Waals surface area contributed by atoms with Crippen molar-refractivity contribution in [2.24, 2.45) is 0 Å². The van der Waals surface area contributed by atoms with E-state index in [9.17, 15) is 9.59 Å². The standard InChI is InChI=1S/C18H25N3O3/c1-5-24-18(23)16(20-17(22)12-21(2,3)4)10-13-11-19-15-9-7-6-8-14(13)15/h6-9,11,16,19H,5,10,12H2,1-4H3/p+1. The predicted molar refractivity (Wildman–Crippen MR) is 93.5 cm³/mol. The monoisotopic (exact) mass is 332 g/mol. The summed E-state index contributed by atoms with van der Waals surface area (Å²) in [4.78, 5) is 27.7. The van der Waals surface area contributed by atoms with Gasteiger partial charge in [0.25, 0.3) is 5.91 Å². The van der Waals surface area contributed by atoms with Crippen LogP contribution in [0.2, 0.25) is 0 Å². The Balaban J connectivity index is 2.17. The number of esters is 1. The molecule has 2 rings (SSSR count). The highest BCUT2D eigenvalue weighted by atomic mass is 16.5. The van der Waals surface area contributed by atoms with Gasteiger partial charge in [-0.05, 0) is 18.6 Å². The van der Waals surface area contributed by atoms with Crippen molar-refractivity contribution in [3.8, 4) is 0 Å². The van der Waals surface area contributed by atoms with E-state index in [4.69, 9.17) is 4.74 Å². The van der Waals surface area contributed by atoms with Crippen LogP contribution >= 0.6 is 0 Å². The summed E-state index contributed by atoms with van der Waals surface area (Å²) < 4.78 is 5.62.